The zero-order valence-corrected chi connectivity index (χ0v) is 9.76. The minimum absolute atomic E-state index is 0.477. The normalized spacial score (nSPS) is 19.9. The number of nitrogens with one attached hydrogen (secondary N) is 1. The molecule has 0 spiro atoms. The fourth-order valence-electron chi connectivity index (χ4n) is 2.15. The van der Waals surface area contributed by atoms with Crippen molar-refractivity contribution in [3.63, 3.8) is 0 Å². The van der Waals surface area contributed by atoms with Gasteiger partial charge in [0.25, 0.3) is 0 Å². The Kier molecular flexibility index (Phi) is 2.64. The number of nitrogens with zero attached hydrogens (tertiary/aromatic N) is 4. The Morgan fingerprint density at radius 2 is 2.53 bits per heavy atom. The lowest BCUT2D eigenvalue weighted by molar-refractivity contribution is 0.364. The van der Waals surface area contributed by atoms with Crippen LogP contribution in [-0.4, -0.2) is 32.3 Å². The summed E-state index contributed by atoms with van der Waals surface area (Å²) in [6.45, 7) is 1.09. The molecule has 1 unspecified atom stereocenters. The number of aromatic nitrogens is 4. The molecular formula is C11H15N5O. The SMILES string of the molecule is Cn1ccnc1-c1noc(CC2CCCN2)n1. The third-order valence-electron chi connectivity index (χ3n) is 3.07. The molecule has 1 saturated heterocycles. The molecule has 2 aromatic heterocycles. The van der Waals surface area contributed by atoms with E-state index in [9.17, 15) is 0 Å². The molecule has 0 amide bonds. The molecular weight excluding hydrogens is 218 g/mol. The van der Waals surface area contributed by atoms with Crippen molar-refractivity contribution in [1.82, 2.24) is 25.0 Å². The lowest BCUT2D eigenvalue weighted by atomic mass is 10.1. The fraction of sp³-hybridized carbons (Fsp3) is 0.545. The van der Waals surface area contributed by atoms with Crippen LogP contribution < -0.4 is 5.32 Å². The van der Waals surface area contributed by atoms with Crippen LogP contribution in [0.15, 0.2) is 16.9 Å². The van der Waals surface area contributed by atoms with Crippen molar-refractivity contribution in [2.24, 2.45) is 7.05 Å². The summed E-state index contributed by atoms with van der Waals surface area (Å²) >= 11 is 0. The van der Waals surface area contributed by atoms with Crippen LogP contribution in [0, 0.1) is 0 Å². The van der Waals surface area contributed by atoms with Crippen LogP contribution in [0.3, 0.4) is 0 Å². The van der Waals surface area contributed by atoms with Crippen LogP contribution in [-0.2, 0) is 13.5 Å². The van der Waals surface area contributed by atoms with Crippen molar-refractivity contribution in [3.8, 4) is 11.6 Å². The molecule has 0 saturated carbocycles. The van der Waals surface area contributed by atoms with Gasteiger partial charge in [-0.2, -0.15) is 4.98 Å². The predicted molar refractivity (Wildman–Crippen MR) is 61.2 cm³/mol. The Bertz CT molecular complexity index is 497. The molecule has 3 rings (SSSR count). The van der Waals surface area contributed by atoms with Gasteiger partial charge in [-0.3, -0.25) is 0 Å². The van der Waals surface area contributed by atoms with Gasteiger partial charge in [0, 0.05) is 31.9 Å². The maximum atomic E-state index is 5.25. The van der Waals surface area contributed by atoms with Crippen LogP contribution in [0.2, 0.25) is 0 Å². The van der Waals surface area contributed by atoms with E-state index < -0.39 is 0 Å². The highest BCUT2D eigenvalue weighted by molar-refractivity contribution is 5.42. The van der Waals surface area contributed by atoms with E-state index in [1.54, 1.807) is 6.20 Å². The molecule has 1 aliphatic heterocycles. The van der Waals surface area contributed by atoms with Gasteiger partial charge in [0.2, 0.25) is 11.7 Å². The second kappa shape index (κ2) is 4.29. The highest BCUT2D eigenvalue weighted by atomic mass is 16.5. The Balaban J connectivity index is 1.76. The molecule has 1 atom stereocenters. The van der Waals surface area contributed by atoms with Crippen LogP contribution in [0.25, 0.3) is 11.6 Å². The van der Waals surface area contributed by atoms with E-state index in [4.69, 9.17) is 4.52 Å². The molecule has 0 bridgehead atoms. The van der Waals surface area contributed by atoms with Crippen molar-refractivity contribution in [2.45, 2.75) is 25.3 Å². The average molecular weight is 233 g/mol. The first-order chi connectivity index (χ1) is 8.33. The number of imidazole rings is 1. The zero-order valence-electron chi connectivity index (χ0n) is 9.76. The van der Waals surface area contributed by atoms with Gasteiger partial charge in [0.1, 0.15) is 0 Å². The molecule has 90 valence electrons. The van der Waals surface area contributed by atoms with Crippen LogP contribution >= 0.6 is 0 Å². The Hall–Kier alpha value is -1.69. The smallest absolute Gasteiger partial charge is 0.238 e. The van der Waals surface area contributed by atoms with Gasteiger partial charge >= 0.3 is 0 Å². The van der Waals surface area contributed by atoms with Crippen LogP contribution in [0.5, 0.6) is 0 Å². The Morgan fingerprint density at radius 1 is 1.59 bits per heavy atom. The lowest BCUT2D eigenvalue weighted by Gasteiger charge is -2.04. The number of aryl methyl sites for hydroxylation is 1. The van der Waals surface area contributed by atoms with Gasteiger partial charge in [-0.05, 0) is 19.4 Å². The van der Waals surface area contributed by atoms with E-state index in [1.165, 1.54) is 12.8 Å². The van der Waals surface area contributed by atoms with E-state index in [1.807, 2.05) is 17.8 Å². The highest BCUT2D eigenvalue weighted by Crippen LogP contribution is 2.15. The van der Waals surface area contributed by atoms with Crippen molar-refractivity contribution < 1.29 is 4.52 Å². The molecule has 17 heavy (non-hydrogen) atoms. The topological polar surface area (TPSA) is 68.8 Å². The van der Waals surface area contributed by atoms with Crippen molar-refractivity contribution >= 4 is 0 Å². The second-order valence-corrected chi connectivity index (χ2v) is 4.37. The van der Waals surface area contributed by atoms with Gasteiger partial charge in [-0.25, -0.2) is 4.98 Å². The number of hydrogen-bond donors (Lipinski definition) is 1. The fourth-order valence-corrected chi connectivity index (χ4v) is 2.15. The molecule has 0 aliphatic carbocycles. The summed E-state index contributed by atoms with van der Waals surface area (Å²) in [4.78, 5) is 8.57. The van der Waals surface area contributed by atoms with Gasteiger partial charge in [-0.15, -0.1) is 0 Å². The molecule has 2 aromatic rings. The van der Waals surface area contributed by atoms with Crippen molar-refractivity contribution in [2.75, 3.05) is 6.54 Å². The van der Waals surface area contributed by atoms with Gasteiger partial charge in [0.05, 0.1) is 0 Å². The molecule has 1 fully saturated rings. The van der Waals surface area contributed by atoms with E-state index in [0.717, 1.165) is 18.8 Å². The minimum Gasteiger partial charge on any atom is -0.339 e. The molecule has 3 heterocycles. The standard InChI is InChI=1S/C11H15N5O/c1-16-6-5-13-11(16)10-14-9(17-15-10)7-8-3-2-4-12-8/h5-6,8,12H,2-4,7H2,1H3. The summed E-state index contributed by atoms with van der Waals surface area (Å²) in [7, 11) is 1.91. The highest BCUT2D eigenvalue weighted by Gasteiger charge is 2.19. The lowest BCUT2D eigenvalue weighted by Crippen LogP contribution is -2.23. The first-order valence-corrected chi connectivity index (χ1v) is 5.86. The predicted octanol–water partition coefficient (Wildman–Crippen LogP) is 0.765. The summed E-state index contributed by atoms with van der Waals surface area (Å²) < 4.78 is 7.13. The molecule has 6 nitrogen and oxygen atoms in total. The quantitative estimate of drug-likeness (QED) is 0.847. The van der Waals surface area contributed by atoms with Gasteiger partial charge < -0.3 is 14.4 Å². The van der Waals surface area contributed by atoms with Crippen LogP contribution in [0.4, 0.5) is 0 Å². The first kappa shape index (κ1) is 10.5. The van der Waals surface area contributed by atoms with Crippen LogP contribution in [0.1, 0.15) is 18.7 Å². The van der Waals surface area contributed by atoms with Crippen molar-refractivity contribution in [1.29, 1.82) is 0 Å². The van der Waals surface area contributed by atoms with Gasteiger partial charge in [-0.1, -0.05) is 5.16 Å². The summed E-state index contributed by atoms with van der Waals surface area (Å²) in [5.41, 5.74) is 0. The summed E-state index contributed by atoms with van der Waals surface area (Å²) in [5.74, 6) is 1.98. The molecule has 0 radical (unpaired) electrons. The summed E-state index contributed by atoms with van der Waals surface area (Å²) in [6.07, 6.45) is 6.80. The van der Waals surface area contributed by atoms with Gasteiger partial charge in [0.15, 0.2) is 5.82 Å². The Morgan fingerprint density at radius 3 is 3.24 bits per heavy atom. The largest absolute Gasteiger partial charge is 0.339 e. The second-order valence-electron chi connectivity index (χ2n) is 4.37. The summed E-state index contributed by atoms with van der Waals surface area (Å²) in [6, 6.07) is 0.477. The molecule has 0 aromatic carbocycles. The maximum absolute atomic E-state index is 5.25. The van der Waals surface area contributed by atoms with Crippen molar-refractivity contribution in [3.05, 3.63) is 18.3 Å². The number of hydrogen-bond acceptors (Lipinski definition) is 5. The Labute approximate surface area is 99.0 Å². The van der Waals surface area contributed by atoms with E-state index in [-0.39, 0.29) is 0 Å². The number of rotatable bonds is 3. The van der Waals surface area contributed by atoms with E-state index in [2.05, 4.69) is 20.4 Å². The van der Waals surface area contributed by atoms with E-state index in [0.29, 0.717) is 17.8 Å². The average Bonchev–Trinajstić information content (AvgIpc) is 3.00. The summed E-state index contributed by atoms with van der Waals surface area (Å²) in [5, 5.41) is 7.38. The van der Waals surface area contributed by atoms with E-state index >= 15 is 0 Å². The third kappa shape index (κ3) is 2.08. The molecule has 6 heteroatoms. The zero-order chi connectivity index (χ0) is 11.7. The molecule has 1 aliphatic rings. The monoisotopic (exact) mass is 233 g/mol. The molecule has 1 N–H and O–H groups in total. The third-order valence-corrected chi connectivity index (χ3v) is 3.07. The maximum Gasteiger partial charge on any atom is 0.238 e. The first-order valence-electron chi connectivity index (χ1n) is 5.86. The minimum atomic E-state index is 0.477.